The van der Waals surface area contributed by atoms with Crippen LogP contribution in [-0.2, 0) is 11.2 Å². The van der Waals surface area contributed by atoms with Gasteiger partial charge in [0.25, 0.3) is 0 Å². The minimum atomic E-state index is 0.122. The molecule has 0 aliphatic carbocycles. The molecule has 1 atom stereocenters. The summed E-state index contributed by atoms with van der Waals surface area (Å²) < 4.78 is 10.5. The standard InChI is InChI=1S/C19H25N3O3/c1-13(2)19-20-17(25-21-19)9-10-18(23)22-11-5-8-16(22)14-6-4-7-15(12-14)24-3/h4,6-7,12-13,16H,5,8-11H2,1-3H3/t16-/m1/s1. The number of benzene rings is 1. The molecule has 1 saturated heterocycles. The molecule has 1 fully saturated rings. The van der Waals surface area contributed by atoms with E-state index in [-0.39, 0.29) is 17.9 Å². The number of methoxy groups -OCH3 is 1. The highest BCUT2D eigenvalue weighted by Gasteiger charge is 2.30. The molecule has 2 aromatic rings. The minimum Gasteiger partial charge on any atom is -0.497 e. The predicted octanol–water partition coefficient (Wildman–Crippen LogP) is 3.50. The van der Waals surface area contributed by atoms with Crippen LogP contribution in [0.2, 0.25) is 0 Å². The van der Waals surface area contributed by atoms with Crippen molar-refractivity contribution in [2.75, 3.05) is 13.7 Å². The Labute approximate surface area is 148 Å². The van der Waals surface area contributed by atoms with E-state index in [1.165, 1.54) is 0 Å². The first-order valence-corrected chi connectivity index (χ1v) is 8.84. The number of aromatic nitrogens is 2. The van der Waals surface area contributed by atoms with E-state index in [2.05, 4.69) is 16.2 Å². The normalized spacial score (nSPS) is 17.3. The first-order valence-electron chi connectivity index (χ1n) is 8.84. The molecule has 0 N–H and O–H groups in total. The molecule has 2 heterocycles. The molecule has 1 aromatic heterocycles. The van der Waals surface area contributed by atoms with E-state index >= 15 is 0 Å². The van der Waals surface area contributed by atoms with Gasteiger partial charge >= 0.3 is 0 Å². The summed E-state index contributed by atoms with van der Waals surface area (Å²) in [4.78, 5) is 19.0. The zero-order valence-electron chi connectivity index (χ0n) is 15.1. The quantitative estimate of drug-likeness (QED) is 0.803. The first kappa shape index (κ1) is 17.5. The van der Waals surface area contributed by atoms with Crippen molar-refractivity contribution in [3.05, 3.63) is 41.5 Å². The van der Waals surface area contributed by atoms with E-state index in [9.17, 15) is 4.79 Å². The van der Waals surface area contributed by atoms with Crippen LogP contribution in [0.3, 0.4) is 0 Å². The second-order valence-electron chi connectivity index (χ2n) is 6.72. The molecule has 6 nitrogen and oxygen atoms in total. The Bertz CT molecular complexity index is 726. The molecule has 3 rings (SSSR count). The van der Waals surface area contributed by atoms with Crippen LogP contribution in [0.1, 0.15) is 62.3 Å². The number of amides is 1. The monoisotopic (exact) mass is 343 g/mol. The summed E-state index contributed by atoms with van der Waals surface area (Å²) in [6.45, 7) is 4.83. The van der Waals surface area contributed by atoms with Crippen LogP contribution in [0.15, 0.2) is 28.8 Å². The van der Waals surface area contributed by atoms with Crippen LogP contribution in [0, 0.1) is 0 Å². The summed E-state index contributed by atoms with van der Waals surface area (Å²) in [5, 5.41) is 3.95. The minimum absolute atomic E-state index is 0.122. The highest BCUT2D eigenvalue weighted by molar-refractivity contribution is 5.77. The van der Waals surface area contributed by atoms with Crippen molar-refractivity contribution in [3.63, 3.8) is 0 Å². The lowest BCUT2D eigenvalue weighted by atomic mass is 10.0. The predicted molar refractivity (Wildman–Crippen MR) is 93.4 cm³/mol. The Kier molecular flexibility index (Phi) is 5.36. The Morgan fingerprint density at radius 2 is 2.28 bits per heavy atom. The van der Waals surface area contributed by atoms with Gasteiger partial charge < -0.3 is 14.2 Å². The number of aryl methyl sites for hydroxylation is 1. The Balaban J connectivity index is 1.63. The van der Waals surface area contributed by atoms with Crippen molar-refractivity contribution < 1.29 is 14.1 Å². The third-order valence-electron chi connectivity index (χ3n) is 4.60. The van der Waals surface area contributed by atoms with Gasteiger partial charge in [0.05, 0.1) is 13.2 Å². The maximum absolute atomic E-state index is 12.7. The maximum Gasteiger partial charge on any atom is 0.227 e. The number of hydrogen-bond donors (Lipinski definition) is 0. The molecular weight excluding hydrogens is 318 g/mol. The molecule has 0 bridgehead atoms. The molecule has 0 spiro atoms. The number of ether oxygens (including phenoxy) is 1. The van der Waals surface area contributed by atoms with Crippen LogP contribution < -0.4 is 4.74 Å². The van der Waals surface area contributed by atoms with Gasteiger partial charge in [-0.1, -0.05) is 31.1 Å². The van der Waals surface area contributed by atoms with Gasteiger partial charge in [-0.15, -0.1) is 0 Å². The van der Waals surface area contributed by atoms with Gasteiger partial charge in [0.1, 0.15) is 5.75 Å². The van der Waals surface area contributed by atoms with Crippen molar-refractivity contribution >= 4 is 5.91 Å². The third kappa shape index (κ3) is 4.00. The van der Waals surface area contributed by atoms with Gasteiger partial charge in [-0.2, -0.15) is 4.98 Å². The van der Waals surface area contributed by atoms with Gasteiger partial charge in [0.2, 0.25) is 11.8 Å². The fourth-order valence-electron chi connectivity index (χ4n) is 3.22. The van der Waals surface area contributed by atoms with E-state index < -0.39 is 0 Å². The summed E-state index contributed by atoms with van der Waals surface area (Å²) in [6, 6.07) is 8.10. The lowest BCUT2D eigenvalue weighted by molar-refractivity contribution is -0.132. The van der Waals surface area contributed by atoms with Gasteiger partial charge in [-0.05, 0) is 30.5 Å². The lowest BCUT2D eigenvalue weighted by Crippen LogP contribution is -2.30. The lowest BCUT2D eigenvalue weighted by Gasteiger charge is -2.25. The number of likely N-dealkylation sites (tertiary alicyclic amines) is 1. The van der Waals surface area contributed by atoms with Crippen molar-refractivity contribution in [3.8, 4) is 5.75 Å². The fraction of sp³-hybridized carbons (Fsp3) is 0.526. The molecule has 1 aliphatic heterocycles. The molecule has 1 aromatic carbocycles. The van der Waals surface area contributed by atoms with Crippen molar-refractivity contribution in [2.45, 2.75) is 51.5 Å². The number of hydrogen-bond acceptors (Lipinski definition) is 5. The van der Waals surface area contributed by atoms with E-state index in [1.54, 1.807) is 7.11 Å². The molecule has 1 amide bonds. The van der Waals surface area contributed by atoms with E-state index in [4.69, 9.17) is 9.26 Å². The van der Waals surface area contributed by atoms with Crippen LogP contribution in [0.25, 0.3) is 0 Å². The third-order valence-corrected chi connectivity index (χ3v) is 4.60. The summed E-state index contributed by atoms with van der Waals surface area (Å²) in [6.07, 6.45) is 2.88. The SMILES string of the molecule is COc1cccc([C@H]2CCCN2C(=O)CCc2nc(C(C)C)no2)c1. The zero-order valence-corrected chi connectivity index (χ0v) is 15.1. The average Bonchev–Trinajstić information content (AvgIpc) is 3.29. The molecule has 134 valence electrons. The van der Waals surface area contributed by atoms with E-state index in [1.807, 2.05) is 36.9 Å². The Morgan fingerprint density at radius 3 is 3.00 bits per heavy atom. The summed E-state index contributed by atoms with van der Waals surface area (Å²) in [7, 11) is 1.66. The zero-order chi connectivity index (χ0) is 17.8. The topological polar surface area (TPSA) is 68.5 Å². The highest BCUT2D eigenvalue weighted by Crippen LogP contribution is 2.34. The summed E-state index contributed by atoms with van der Waals surface area (Å²) in [5.41, 5.74) is 1.13. The Hall–Kier alpha value is -2.37. The largest absolute Gasteiger partial charge is 0.497 e. The highest BCUT2D eigenvalue weighted by atomic mass is 16.5. The maximum atomic E-state index is 12.7. The van der Waals surface area contributed by atoms with Crippen molar-refractivity contribution in [2.24, 2.45) is 0 Å². The first-order chi connectivity index (χ1) is 12.1. The van der Waals surface area contributed by atoms with Crippen molar-refractivity contribution in [1.82, 2.24) is 15.0 Å². The van der Waals surface area contributed by atoms with Gasteiger partial charge in [0.15, 0.2) is 5.82 Å². The second-order valence-corrected chi connectivity index (χ2v) is 6.72. The number of carbonyl (C=O) groups excluding carboxylic acids is 1. The number of rotatable bonds is 6. The molecule has 0 saturated carbocycles. The molecule has 1 aliphatic rings. The van der Waals surface area contributed by atoms with E-state index in [0.29, 0.717) is 24.6 Å². The number of carbonyl (C=O) groups is 1. The summed E-state index contributed by atoms with van der Waals surface area (Å²) in [5.74, 6) is 2.41. The van der Waals surface area contributed by atoms with Crippen LogP contribution >= 0.6 is 0 Å². The van der Waals surface area contributed by atoms with Gasteiger partial charge in [0, 0.05) is 25.3 Å². The van der Waals surface area contributed by atoms with Gasteiger partial charge in [-0.3, -0.25) is 4.79 Å². The van der Waals surface area contributed by atoms with Crippen LogP contribution in [0.5, 0.6) is 5.75 Å². The molecule has 25 heavy (non-hydrogen) atoms. The molecule has 0 radical (unpaired) electrons. The van der Waals surface area contributed by atoms with Crippen LogP contribution in [-0.4, -0.2) is 34.6 Å². The summed E-state index contributed by atoms with van der Waals surface area (Å²) >= 11 is 0. The molecular formula is C19H25N3O3. The second kappa shape index (κ2) is 7.68. The Morgan fingerprint density at radius 1 is 1.44 bits per heavy atom. The fourth-order valence-corrected chi connectivity index (χ4v) is 3.22. The van der Waals surface area contributed by atoms with Crippen molar-refractivity contribution in [1.29, 1.82) is 0 Å². The average molecular weight is 343 g/mol. The smallest absolute Gasteiger partial charge is 0.227 e. The molecule has 0 unspecified atom stereocenters. The molecule has 6 heteroatoms. The van der Waals surface area contributed by atoms with Gasteiger partial charge in [-0.25, -0.2) is 0 Å². The number of nitrogens with zero attached hydrogens (tertiary/aromatic N) is 3. The van der Waals surface area contributed by atoms with E-state index in [0.717, 1.165) is 30.7 Å². The van der Waals surface area contributed by atoms with Crippen LogP contribution in [0.4, 0.5) is 0 Å².